The highest BCUT2D eigenvalue weighted by molar-refractivity contribution is 5.82. The molecule has 3 N–H and O–H groups in total. The minimum Gasteiger partial charge on any atom is -0.386 e. The van der Waals surface area contributed by atoms with Crippen LogP contribution in [0.1, 0.15) is 34.1 Å². The Morgan fingerprint density at radius 1 is 1.50 bits per heavy atom. The van der Waals surface area contributed by atoms with E-state index in [1.165, 1.54) is 6.42 Å². The second-order valence-electron chi connectivity index (χ2n) is 5.48. The van der Waals surface area contributed by atoms with Gasteiger partial charge in [0, 0.05) is 6.54 Å². The van der Waals surface area contributed by atoms with Crippen LogP contribution in [0.25, 0.3) is 0 Å². The Kier molecular flexibility index (Phi) is 3.20. The Balaban J connectivity index is 2.53. The minimum atomic E-state index is 0.113. The summed E-state index contributed by atoms with van der Waals surface area (Å²) >= 11 is 0. The van der Waals surface area contributed by atoms with Crippen LogP contribution in [0.4, 0.5) is 0 Å². The maximum Gasteiger partial charge on any atom is 0.108 e. The maximum atomic E-state index is 7.42. The third kappa shape index (κ3) is 2.47. The Bertz CT molecular complexity index is 217. The zero-order chi connectivity index (χ0) is 10.9. The van der Waals surface area contributed by atoms with E-state index in [9.17, 15) is 0 Å². The van der Waals surface area contributed by atoms with Gasteiger partial charge in [0.15, 0.2) is 0 Å². The van der Waals surface area contributed by atoms with E-state index in [2.05, 4.69) is 25.7 Å². The summed E-state index contributed by atoms with van der Waals surface area (Å²) in [5.41, 5.74) is 5.89. The Morgan fingerprint density at radius 2 is 2.07 bits per heavy atom. The summed E-state index contributed by atoms with van der Waals surface area (Å²) < 4.78 is 0. The van der Waals surface area contributed by atoms with Crippen molar-refractivity contribution in [2.45, 2.75) is 40.2 Å². The first kappa shape index (κ1) is 11.5. The van der Waals surface area contributed by atoms with Gasteiger partial charge in [-0.25, -0.2) is 0 Å². The van der Waals surface area contributed by atoms with Crippen molar-refractivity contribution < 1.29 is 0 Å². The second kappa shape index (κ2) is 3.89. The van der Waals surface area contributed by atoms with Gasteiger partial charge in [0.05, 0.1) is 6.04 Å². The maximum absolute atomic E-state index is 7.42. The molecule has 0 bridgehead atoms. The van der Waals surface area contributed by atoms with Crippen molar-refractivity contribution in [2.75, 3.05) is 13.1 Å². The predicted molar refractivity (Wildman–Crippen MR) is 60.5 cm³/mol. The number of likely N-dealkylation sites (tertiary alicyclic amines) is 1. The van der Waals surface area contributed by atoms with Gasteiger partial charge in [-0.3, -0.25) is 10.3 Å². The molecule has 0 aliphatic carbocycles. The number of nitrogens with zero attached hydrogens (tertiary/aromatic N) is 1. The molecule has 82 valence electrons. The Labute approximate surface area is 87.2 Å². The second-order valence-corrected chi connectivity index (χ2v) is 5.48. The van der Waals surface area contributed by atoms with Crippen LogP contribution < -0.4 is 5.73 Å². The lowest BCUT2D eigenvalue weighted by atomic mass is 9.80. The summed E-state index contributed by atoms with van der Waals surface area (Å²) in [6, 6.07) is 0.113. The first-order valence-corrected chi connectivity index (χ1v) is 5.40. The van der Waals surface area contributed by atoms with Crippen LogP contribution in [0.2, 0.25) is 0 Å². The van der Waals surface area contributed by atoms with Gasteiger partial charge in [-0.1, -0.05) is 20.8 Å². The van der Waals surface area contributed by atoms with Crippen molar-refractivity contribution >= 4 is 5.84 Å². The summed E-state index contributed by atoms with van der Waals surface area (Å²) in [6.45, 7) is 11.1. The number of amidine groups is 1. The van der Waals surface area contributed by atoms with Crippen molar-refractivity contribution in [2.24, 2.45) is 17.1 Å². The molecule has 1 rings (SSSR count). The topological polar surface area (TPSA) is 53.1 Å². The highest BCUT2D eigenvalue weighted by Gasteiger charge is 2.33. The summed E-state index contributed by atoms with van der Waals surface area (Å²) in [6.07, 6.45) is 1.24. The lowest BCUT2D eigenvalue weighted by Gasteiger charge is -2.28. The highest BCUT2D eigenvalue weighted by Crippen LogP contribution is 2.34. The van der Waals surface area contributed by atoms with E-state index < -0.39 is 0 Å². The minimum absolute atomic E-state index is 0.113. The number of nitrogens with two attached hydrogens (primary N) is 1. The van der Waals surface area contributed by atoms with Crippen molar-refractivity contribution in [3.63, 3.8) is 0 Å². The summed E-state index contributed by atoms with van der Waals surface area (Å²) in [5, 5.41) is 7.42. The van der Waals surface area contributed by atoms with E-state index in [1.54, 1.807) is 0 Å². The van der Waals surface area contributed by atoms with Gasteiger partial charge in [-0.15, -0.1) is 0 Å². The average molecular weight is 197 g/mol. The standard InChI is InChI=1S/C11H23N3/c1-8(10(12)13)14-6-5-9(7-14)11(2,3)4/h8-9H,5-7H2,1-4H3,(H3,12,13). The molecule has 0 radical (unpaired) electrons. The fourth-order valence-corrected chi connectivity index (χ4v) is 2.04. The van der Waals surface area contributed by atoms with Crippen molar-refractivity contribution in [1.29, 1.82) is 5.41 Å². The van der Waals surface area contributed by atoms with Crippen molar-refractivity contribution in [3.8, 4) is 0 Å². The molecule has 1 fully saturated rings. The first-order valence-electron chi connectivity index (χ1n) is 5.40. The van der Waals surface area contributed by atoms with Gasteiger partial charge >= 0.3 is 0 Å². The third-order valence-electron chi connectivity index (χ3n) is 3.44. The van der Waals surface area contributed by atoms with E-state index >= 15 is 0 Å². The van der Waals surface area contributed by atoms with Gasteiger partial charge in [0.1, 0.15) is 5.84 Å². The fourth-order valence-electron chi connectivity index (χ4n) is 2.04. The van der Waals surface area contributed by atoms with Gasteiger partial charge < -0.3 is 5.73 Å². The van der Waals surface area contributed by atoms with Gasteiger partial charge in [0.2, 0.25) is 0 Å². The number of rotatable bonds is 2. The molecule has 1 saturated heterocycles. The van der Waals surface area contributed by atoms with E-state index in [4.69, 9.17) is 11.1 Å². The zero-order valence-electron chi connectivity index (χ0n) is 9.80. The molecule has 1 aliphatic heterocycles. The quantitative estimate of drug-likeness (QED) is 0.523. The fraction of sp³-hybridized carbons (Fsp3) is 0.909. The van der Waals surface area contributed by atoms with Crippen LogP contribution in [-0.2, 0) is 0 Å². The lowest BCUT2D eigenvalue weighted by molar-refractivity contribution is 0.222. The first-order chi connectivity index (χ1) is 6.32. The van der Waals surface area contributed by atoms with Gasteiger partial charge in [0.25, 0.3) is 0 Å². The van der Waals surface area contributed by atoms with Crippen molar-refractivity contribution in [3.05, 3.63) is 0 Å². The van der Waals surface area contributed by atoms with E-state index in [0.717, 1.165) is 19.0 Å². The predicted octanol–water partition coefficient (Wildman–Crippen LogP) is 1.68. The molecule has 2 unspecified atom stereocenters. The Morgan fingerprint density at radius 3 is 2.43 bits per heavy atom. The molecule has 0 saturated carbocycles. The smallest absolute Gasteiger partial charge is 0.108 e. The van der Waals surface area contributed by atoms with Crippen LogP contribution in [0.3, 0.4) is 0 Å². The summed E-state index contributed by atoms with van der Waals surface area (Å²) in [7, 11) is 0. The third-order valence-corrected chi connectivity index (χ3v) is 3.44. The van der Waals surface area contributed by atoms with Crippen LogP contribution in [-0.4, -0.2) is 29.9 Å². The largest absolute Gasteiger partial charge is 0.386 e. The molecular formula is C11H23N3. The lowest BCUT2D eigenvalue weighted by Crippen LogP contribution is -2.41. The molecule has 14 heavy (non-hydrogen) atoms. The highest BCUT2D eigenvalue weighted by atomic mass is 15.2. The number of hydrogen-bond acceptors (Lipinski definition) is 2. The molecule has 3 nitrogen and oxygen atoms in total. The van der Waals surface area contributed by atoms with Crippen LogP contribution in [0, 0.1) is 16.7 Å². The average Bonchev–Trinajstić information content (AvgIpc) is 2.49. The summed E-state index contributed by atoms with van der Waals surface area (Å²) in [5.74, 6) is 1.03. The summed E-state index contributed by atoms with van der Waals surface area (Å²) in [4.78, 5) is 2.32. The van der Waals surface area contributed by atoms with E-state index in [-0.39, 0.29) is 6.04 Å². The van der Waals surface area contributed by atoms with E-state index in [0.29, 0.717) is 11.3 Å². The molecule has 2 atom stereocenters. The number of hydrogen-bond donors (Lipinski definition) is 2. The van der Waals surface area contributed by atoms with Gasteiger partial charge in [-0.05, 0) is 31.2 Å². The molecule has 0 aromatic rings. The molecule has 0 spiro atoms. The number of nitrogens with one attached hydrogen (secondary N) is 1. The molecule has 1 heterocycles. The van der Waals surface area contributed by atoms with Crippen LogP contribution in [0.15, 0.2) is 0 Å². The zero-order valence-corrected chi connectivity index (χ0v) is 9.80. The SMILES string of the molecule is CC(C(=N)N)N1CCC(C(C)(C)C)C1. The van der Waals surface area contributed by atoms with Crippen LogP contribution in [0.5, 0.6) is 0 Å². The van der Waals surface area contributed by atoms with Crippen molar-refractivity contribution in [1.82, 2.24) is 4.90 Å². The molecule has 1 aliphatic rings. The molecule has 0 aromatic heterocycles. The molecule has 0 amide bonds. The monoisotopic (exact) mass is 197 g/mol. The molecule has 3 heteroatoms. The normalized spacial score (nSPS) is 26.4. The van der Waals surface area contributed by atoms with E-state index in [1.807, 2.05) is 6.92 Å². The molecule has 0 aromatic carbocycles. The van der Waals surface area contributed by atoms with Gasteiger partial charge in [-0.2, -0.15) is 0 Å². The Hall–Kier alpha value is -0.570. The molecular weight excluding hydrogens is 174 g/mol. The van der Waals surface area contributed by atoms with Crippen LogP contribution >= 0.6 is 0 Å².